The zero-order valence-corrected chi connectivity index (χ0v) is 16.2. The van der Waals surface area contributed by atoms with E-state index in [-0.39, 0.29) is 12.6 Å². The van der Waals surface area contributed by atoms with E-state index in [2.05, 4.69) is 10.5 Å². The molecule has 1 aromatic carbocycles. The Labute approximate surface area is 158 Å². The van der Waals surface area contributed by atoms with Gasteiger partial charge >= 0.3 is 0 Å². The number of hydrazone groups is 1. The molecule has 0 spiro atoms. The molecule has 1 aliphatic rings. The van der Waals surface area contributed by atoms with Gasteiger partial charge in [0.25, 0.3) is 5.91 Å². The van der Waals surface area contributed by atoms with Crippen molar-refractivity contribution in [2.24, 2.45) is 5.10 Å². The molecule has 2 rings (SSSR count). The molecule has 1 aromatic rings. The number of hydrogen-bond acceptors (Lipinski definition) is 4. The Kier molecular flexibility index (Phi) is 7.25. The second-order valence-corrected chi connectivity index (χ2v) is 8.78. The van der Waals surface area contributed by atoms with Crippen LogP contribution in [0, 0.1) is 0 Å². The summed E-state index contributed by atoms with van der Waals surface area (Å²) in [5.41, 5.74) is 2.82. The van der Waals surface area contributed by atoms with Crippen molar-refractivity contribution >= 4 is 45.3 Å². The molecule has 1 saturated carbocycles. The predicted octanol–water partition coefficient (Wildman–Crippen LogP) is 3.04. The lowest BCUT2D eigenvalue weighted by Crippen LogP contribution is -2.45. The van der Waals surface area contributed by atoms with Crippen LogP contribution in [0.25, 0.3) is 0 Å². The fraction of sp³-hybridized carbons (Fsp3) is 0.500. The molecule has 1 amide bonds. The van der Waals surface area contributed by atoms with Gasteiger partial charge in [0.15, 0.2) is 0 Å². The average Bonchev–Trinajstić information content (AvgIpc) is 2.55. The lowest BCUT2D eigenvalue weighted by Gasteiger charge is -2.31. The summed E-state index contributed by atoms with van der Waals surface area (Å²) < 4.78 is 25.3. The Hall–Kier alpha value is -1.15. The molecule has 0 atom stereocenters. The molecule has 138 valence electrons. The van der Waals surface area contributed by atoms with E-state index in [0.717, 1.165) is 38.4 Å². The smallest absolute Gasteiger partial charge is 0.255 e. The van der Waals surface area contributed by atoms with Crippen LogP contribution < -0.4 is 5.43 Å². The summed E-state index contributed by atoms with van der Waals surface area (Å²) in [6.07, 6.45) is 7.07. The lowest BCUT2D eigenvalue weighted by atomic mass is 9.95. The van der Waals surface area contributed by atoms with Crippen LogP contribution in [0.3, 0.4) is 0 Å². The Balaban J connectivity index is 2.00. The molecule has 0 aromatic heterocycles. The molecular weight excluding hydrogens is 385 g/mol. The summed E-state index contributed by atoms with van der Waals surface area (Å²) in [5.74, 6) is -0.504. The third kappa shape index (κ3) is 5.95. The minimum absolute atomic E-state index is 0.128. The first-order valence-electron chi connectivity index (χ1n) is 8.02. The van der Waals surface area contributed by atoms with Gasteiger partial charge in [0.2, 0.25) is 10.0 Å². The number of benzene rings is 1. The molecule has 0 heterocycles. The van der Waals surface area contributed by atoms with Crippen LogP contribution in [0.1, 0.15) is 37.7 Å². The number of sulfonamides is 1. The van der Waals surface area contributed by atoms with Crippen molar-refractivity contribution in [1.82, 2.24) is 9.73 Å². The lowest BCUT2D eigenvalue weighted by molar-refractivity contribution is -0.121. The van der Waals surface area contributed by atoms with Crippen LogP contribution in [0.4, 0.5) is 0 Å². The molecule has 0 bridgehead atoms. The highest BCUT2D eigenvalue weighted by atomic mass is 35.5. The van der Waals surface area contributed by atoms with Crippen LogP contribution in [0.2, 0.25) is 10.0 Å². The van der Waals surface area contributed by atoms with Crippen molar-refractivity contribution in [3.05, 3.63) is 33.8 Å². The monoisotopic (exact) mass is 405 g/mol. The van der Waals surface area contributed by atoms with Crippen LogP contribution in [-0.4, -0.2) is 43.7 Å². The second-order valence-electron chi connectivity index (χ2n) is 6.03. The van der Waals surface area contributed by atoms with E-state index in [1.165, 1.54) is 10.5 Å². The molecule has 9 heteroatoms. The average molecular weight is 406 g/mol. The summed E-state index contributed by atoms with van der Waals surface area (Å²) in [6.45, 7) is -0.253. The number of carbonyl (C=O) groups excluding carboxylic acids is 1. The van der Waals surface area contributed by atoms with Gasteiger partial charge in [-0.2, -0.15) is 9.41 Å². The van der Waals surface area contributed by atoms with E-state index in [9.17, 15) is 13.2 Å². The maximum atomic E-state index is 12.1. The van der Waals surface area contributed by atoms with Crippen LogP contribution >= 0.6 is 23.2 Å². The Morgan fingerprint density at radius 2 is 1.88 bits per heavy atom. The van der Waals surface area contributed by atoms with E-state index < -0.39 is 15.9 Å². The van der Waals surface area contributed by atoms with E-state index in [4.69, 9.17) is 23.2 Å². The highest BCUT2D eigenvalue weighted by Gasteiger charge is 2.29. The SMILES string of the molecule is CS(=O)(=O)N(CC(=O)NN=Cc1c(Cl)cccc1Cl)C1CCCCC1. The van der Waals surface area contributed by atoms with E-state index in [0.29, 0.717) is 15.6 Å². The minimum atomic E-state index is -3.47. The molecule has 0 saturated heterocycles. The highest BCUT2D eigenvalue weighted by molar-refractivity contribution is 7.88. The zero-order valence-electron chi connectivity index (χ0n) is 13.9. The molecular formula is C16H21Cl2N3O3S. The number of nitrogens with zero attached hydrogens (tertiary/aromatic N) is 2. The number of hydrogen-bond donors (Lipinski definition) is 1. The quantitative estimate of drug-likeness (QED) is 0.583. The van der Waals surface area contributed by atoms with Crippen molar-refractivity contribution in [1.29, 1.82) is 0 Å². The van der Waals surface area contributed by atoms with Crippen molar-refractivity contribution in [2.75, 3.05) is 12.8 Å². The number of amides is 1. The van der Waals surface area contributed by atoms with E-state index in [1.807, 2.05) is 0 Å². The minimum Gasteiger partial charge on any atom is -0.272 e. The Morgan fingerprint density at radius 1 is 1.28 bits per heavy atom. The normalized spacial score (nSPS) is 16.5. The van der Waals surface area contributed by atoms with E-state index in [1.54, 1.807) is 18.2 Å². The summed E-state index contributed by atoms with van der Waals surface area (Å²) in [6, 6.07) is 4.89. The van der Waals surface area contributed by atoms with Gasteiger partial charge in [-0.25, -0.2) is 13.8 Å². The van der Waals surface area contributed by atoms with Gasteiger partial charge in [0.05, 0.1) is 29.1 Å². The fourth-order valence-corrected chi connectivity index (χ4v) is 4.47. The van der Waals surface area contributed by atoms with E-state index >= 15 is 0 Å². The molecule has 6 nitrogen and oxygen atoms in total. The third-order valence-corrected chi connectivity index (χ3v) is 6.03. The molecule has 1 fully saturated rings. The maximum Gasteiger partial charge on any atom is 0.255 e. The molecule has 0 unspecified atom stereocenters. The Morgan fingerprint density at radius 3 is 2.44 bits per heavy atom. The third-order valence-electron chi connectivity index (χ3n) is 4.09. The van der Waals surface area contributed by atoms with Gasteiger partial charge in [0.1, 0.15) is 0 Å². The van der Waals surface area contributed by atoms with Gasteiger partial charge in [-0.05, 0) is 25.0 Å². The molecule has 25 heavy (non-hydrogen) atoms. The standard InChI is InChI=1S/C16H21Cl2N3O3S/c1-25(23,24)21(12-6-3-2-4-7-12)11-16(22)20-19-10-13-14(17)8-5-9-15(13)18/h5,8-10,12H,2-4,6-7,11H2,1H3,(H,20,22). The summed E-state index contributed by atoms with van der Waals surface area (Å²) in [4.78, 5) is 12.1. The van der Waals surface area contributed by atoms with Crippen molar-refractivity contribution < 1.29 is 13.2 Å². The predicted molar refractivity (Wildman–Crippen MR) is 101 cm³/mol. The van der Waals surface area contributed by atoms with Gasteiger partial charge in [0, 0.05) is 11.6 Å². The fourth-order valence-electron chi connectivity index (χ4n) is 2.87. The second kappa shape index (κ2) is 8.98. The summed E-state index contributed by atoms with van der Waals surface area (Å²) >= 11 is 12.0. The molecule has 0 radical (unpaired) electrons. The zero-order chi connectivity index (χ0) is 18.4. The summed E-state index contributed by atoms with van der Waals surface area (Å²) in [7, 11) is -3.47. The molecule has 1 N–H and O–H groups in total. The maximum absolute atomic E-state index is 12.1. The van der Waals surface area contributed by atoms with Crippen molar-refractivity contribution in [2.45, 2.75) is 38.1 Å². The van der Waals surface area contributed by atoms with Crippen LogP contribution in [0.5, 0.6) is 0 Å². The first kappa shape index (κ1) is 20.2. The number of rotatable bonds is 6. The number of carbonyl (C=O) groups is 1. The topological polar surface area (TPSA) is 78.8 Å². The van der Waals surface area contributed by atoms with Crippen molar-refractivity contribution in [3.63, 3.8) is 0 Å². The van der Waals surface area contributed by atoms with Gasteiger partial charge < -0.3 is 0 Å². The molecule has 0 aliphatic heterocycles. The number of halogens is 2. The van der Waals surface area contributed by atoms with Gasteiger partial charge in [-0.15, -0.1) is 0 Å². The first-order chi connectivity index (χ1) is 11.8. The van der Waals surface area contributed by atoms with Gasteiger partial charge in [-0.3, -0.25) is 4.79 Å². The van der Waals surface area contributed by atoms with Gasteiger partial charge in [-0.1, -0.05) is 48.5 Å². The van der Waals surface area contributed by atoms with Crippen LogP contribution in [0.15, 0.2) is 23.3 Å². The Bertz CT molecular complexity index is 727. The highest BCUT2D eigenvalue weighted by Crippen LogP contribution is 2.24. The summed E-state index contributed by atoms with van der Waals surface area (Å²) in [5, 5.41) is 4.64. The van der Waals surface area contributed by atoms with Crippen molar-refractivity contribution in [3.8, 4) is 0 Å². The first-order valence-corrected chi connectivity index (χ1v) is 10.6. The van der Waals surface area contributed by atoms with Crippen LogP contribution in [-0.2, 0) is 14.8 Å². The number of nitrogens with one attached hydrogen (secondary N) is 1. The largest absolute Gasteiger partial charge is 0.272 e. The molecule has 1 aliphatic carbocycles.